The first-order chi connectivity index (χ1) is 15.4. The lowest BCUT2D eigenvalue weighted by Crippen LogP contribution is -2.37. The number of ketones is 1. The van der Waals surface area contributed by atoms with Gasteiger partial charge in [0.05, 0.1) is 5.56 Å². The number of Topliss-reactive ketones (excluding diaryl/α,β-unsaturated/α-hetero) is 1. The Labute approximate surface area is 191 Å². The van der Waals surface area contributed by atoms with Crippen molar-refractivity contribution in [1.82, 2.24) is 9.97 Å². The van der Waals surface area contributed by atoms with Gasteiger partial charge in [0.15, 0.2) is 22.4 Å². The summed E-state index contributed by atoms with van der Waals surface area (Å²) in [6, 6.07) is 5.63. The number of hydrogen-bond acceptors (Lipinski definition) is 7. The lowest BCUT2D eigenvalue weighted by Gasteiger charge is -2.38. The standard InChI is InChI=1S/C24H27N3O4S/c1-4-5-8-32-23-26-21-20(22(29)27-23)18(13-6-7-16-17(9-13)31-12-30-16)19-14(25-21)10-24(2,3)11-15(19)28/h6-7,9,18H,4-5,8,10-12H2,1-3H3,(H2,25,26,27,29). The first-order valence-electron chi connectivity index (χ1n) is 11.1. The molecule has 168 valence electrons. The fourth-order valence-electron chi connectivity index (χ4n) is 4.70. The molecule has 7 nitrogen and oxygen atoms in total. The third-order valence-corrected chi connectivity index (χ3v) is 7.13. The van der Waals surface area contributed by atoms with Crippen LogP contribution in [0, 0.1) is 5.41 Å². The highest BCUT2D eigenvalue weighted by atomic mass is 32.2. The number of H-pyrrole nitrogens is 1. The van der Waals surface area contributed by atoms with Crippen LogP contribution >= 0.6 is 11.8 Å². The van der Waals surface area contributed by atoms with Crippen molar-refractivity contribution in [3.63, 3.8) is 0 Å². The van der Waals surface area contributed by atoms with Crippen LogP contribution in [0.4, 0.5) is 5.82 Å². The average molecular weight is 454 g/mol. The number of aromatic amines is 1. The molecule has 2 aliphatic heterocycles. The van der Waals surface area contributed by atoms with E-state index in [0.717, 1.165) is 36.3 Å². The minimum atomic E-state index is -0.495. The molecule has 3 aliphatic rings. The molecule has 0 radical (unpaired) electrons. The van der Waals surface area contributed by atoms with Crippen LogP contribution in [0.5, 0.6) is 11.5 Å². The number of ether oxygens (including phenoxy) is 2. The van der Waals surface area contributed by atoms with Crippen molar-refractivity contribution in [1.29, 1.82) is 0 Å². The van der Waals surface area contributed by atoms with Crippen molar-refractivity contribution >= 4 is 23.4 Å². The average Bonchev–Trinajstić information content (AvgIpc) is 3.19. The number of aromatic nitrogens is 2. The van der Waals surface area contributed by atoms with Crippen LogP contribution < -0.4 is 20.3 Å². The maximum atomic E-state index is 13.3. The lowest BCUT2D eigenvalue weighted by molar-refractivity contribution is -0.118. The maximum absolute atomic E-state index is 13.3. The van der Waals surface area contributed by atoms with Gasteiger partial charge in [-0.3, -0.25) is 9.59 Å². The van der Waals surface area contributed by atoms with Gasteiger partial charge in [0.25, 0.3) is 5.56 Å². The molecule has 0 amide bonds. The number of carbonyl (C=O) groups excluding carboxylic acids is 1. The molecule has 1 aromatic heterocycles. The molecular formula is C24H27N3O4S. The molecule has 3 heterocycles. The van der Waals surface area contributed by atoms with E-state index in [0.29, 0.717) is 40.0 Å². The number of fused-ring (bicyclic) bond motifs is 2. The van der Waals surface area contributed by atoms with Gasteiger partial charge in [-0.25, -0.2) is 4.98 Å². The zero-order valence-corrected chi connectivity index (χ0v) is 19.4. The highest BCUT2D eigenvalue weighted by Crippen LogP contribution is 2.49. The number of allylic oxidation sites excluding steroid dienone is 2. The smallest absolute Gasteiger partial charge is 0.257 e. The van der Waals surface area contributed by atoms with E-state index in [9.17, 15) is 9.59 Å². The molecule has 0 spiro atoms. The van der Waals surface area contributed by atoms with Crippen LogP contribution in [-0.4, -0.2) is 28.3 Å². The second-order valence-electron chi connectivity index (χ2n) is 9.34. The van der Waals surface area contributed by atoms with E-state index in [2.05, 4.69) is 31.1 Å². The van der Waals surface area contributed by atoms with E-state index in [1.165, 1.54) is 0 Å². The van der Waals surface area contributed by atoms with Crippen molar-refractivity contribution < 1.29 is 14.3 Å². The Hall–Kier alpha value is -2.74. The predicted octanol–water partition coefficient (Wildman–Crippen LogP) is 4.59. The predicted molar refractivity (Wildman–Crippen MR) is 124 cm³/mol. The van der Waals surface area contributed by atoms with Crippen molar-refractivity contribution in [2.45, 2.75) is 57.5 Å². The van der Waals surface area contributed by atoms with Crippen molar-refractivity contribution in [2.24, 2.45) is 5.41 Å². The van der Waals surface area contributed by atoms with Crippen LogP contribution in [-0.2, 0) is 4.79 Å². The third kappa shape index (κ3) is 3.70. The Balaban J connectivity index is 1.65. The molecular weight excluding hydrogens is 426 g/mol. The summed E-state index contributed by atoms with van der Waals surface area (Å²) >= 11 is 1.55. The largest absolute Gasteiger partial charge is 0.454 e. The molecule has 1 aliphatic carbocycles. The summed E-state index contributed by atoms with van der Waals surface area (Å²) < 4.78 is 11.0. The van der Waals surface area contributed by atoms with Crippen LogP contribution in [0.15, 0.2) is 39.4 Å². The Morgan fingerprint density at radius 3 is 2.81 bits per heavy atom. The van der Waals surface area contributed by atoms with Crippen LogP contribution in [0.25, 0.3) is 0 Å². The summed E-state index contributed by atoms with van der Waals surface area (Å²) in [5, 5.41) is 3.97. The quantitative estimate of drug-likeness (QED) is 0.388. The molecule has 0 saturated carbocycles. The molecule has 8 heteroatoms. The zero-order chi connectivity index (χ0) is 22.5. The van der Waals surface area contributed by atoms with Gasteiger partial charge in [0.1, 0.15) is 5.82 Å². The van der Waals surface area contributed by atoms with Crippen LogP contribution in [0.2, 0.25) is 0 Å². The van der Waals surface area contributed by atoms with Crippen LogP contribution in [0.3, 0.4) is 0 Å². The van der Waals surface area contributed by atoms with Gasteiger partial charge >= 0.3 is 0 Å². The van der Waals surface area contributed by atoms with Gasteiger partial charge in [-0.1, -0.05) is 45.0 Å². The lowest BCUT2D eigenvalue weighted by atomic mass is 9.69. The van der Waals surface area contributed by atoms with Crippen molar-refractivity contribution in [3.05, 3.63) is 50.9 Å². The van der Waals surface area contributed by atoms with E-state index in [1.54, 1.807) is 11.8 Å². The fourth-order valence-corrected chi connectivity index (χ4v) is 5.65. The highest BCUT2D eigenvalue weighted by molar-refractivity contribution is 7.99. The highest BCUT2D eigenvalue weighted by Gasteiger charge is 2.42. The first-order valence-corrected chi connectivity index (χ1v) is 12.0. The minimum Gasteiger partial charge on any atom is -0.454 e. The van der Waals surface area contributed by atoms with Gasteiger partial charge in [-0.2, -0.15) is 0 Å². The molecule has 0 saturated heterocycles. The first kappa shape index (κ1) is 21.1. The summed E-state index contributed by atoms with van der Waals surface area (Å²) in [5.41, 5.74) is 2.47. The Morgan fingerprint density at radius 1 is 1.19 bits per heavy atom. The minimum absolute atomic E-state index is 0.0675. The molecule has 2 aromatic rings. The second kappa shape index (κ2) is 7.99. The van der Waals surface area contributed by atoms with Gasteiger partial charge in [0.2, 0.25) is 6.79 Å². The number of hydrogen-bond donors (Lipinski definition) is 2. The van der Waals surface area contributed by atoms with Crippen molar-refractivity contribution in [3.8, 4) is 11.5 Å². The number of nitrogens with one attached hydrogen (secondary N) is 2. The molecule has 1 aromatic carbocycles. The number of rotatable bonds is 5. The summed E-state index contributed by atoms with van der Waals surface area (Å²) in [5.74, 6) is 2.30. The number of benzene rings is 1. The van der Waals surface area contributed by atoms with E-state index >= 15 is 0 Å². The van der Waals surface area contributed by atoms with Gasteiger partial charge < -0.3 is 19.8 Å². The summed E-state index contributed by atoms with van der Waals surface area (Å²) in [4.78, 5) is 34.3. The van der Waals surface area contributed by atoms with Gasteiger partial charge in [-0.15, -0.1) is 0 Å². The monoisotopic (exact) mass is 453 g/mol. The number of carbonyl (C=O) groups is 1. The van der Waals surface area contributed by atoms with E-state index < -0.39 is 5.92 Å². The molecule has 1 unspecified atom stereocenters. The Morgan fingerprint density at radius 2 is 2.00 bits per heavy atom. The van der Waals surface area contributed by atoms with Gasteiger partial charge in [-0.05, 0) is 36.0 Å². The Kier molecular flexibility index (Phi) is 5.28. The summed E-state index contributed by atoms with van der Waals surface area (Å²) in [7, 11) is 0. The molecule has 0 fully saturated rings. The zero-order valence-electron chi connectivity index (χ0n) is 18.5. The SMILES string of the molecule is CCCCSc1nc2c(c(=O)[nH]1)C(c1ccc3c(c1)OCO3)C1=C(CC(C)(C)CC1=O)N2. The van der Waals surface area contributed by atoms with Crippen molar-refractivity contribution in [2.75, 3.05) is 17.9 Å². The number of thioether (sulfide) groups is 1. The summed E-state index contributed by atoms with van der Waals surface area (Å²) in [6.07, 6.45) is 3.30. The number of anilines is 1. The topological polar surface area (TPSA) is 93.3 Å². The van der Waals surface area contributed by atoms with E-state index in [1.807, 2.05) is 18.2 Å². The van der Waals surface area contributed by atoms with Crippen LogP contribution in [0.1, 0.15) is 63.5 Å². The molecule has 5 rings (SSSR count). The van der Waals surface area contributed by atoms with E-state index in [-0.39, 0.29) is 23.6 Å². The second-order valence-corrected chi connectivity index (χ2v) is 10.4. The molecule has 2 N–H and O–H groups in total. The Bertz CT molecular complexity index is 1180. The number of nitrogens with zero attached hydrogens (tertiary/aromatic N) is 1. The normalized spacial score (nSPS) is 20.6. The third-order valence-electron chi connectivity index (χ3n) is 6.17. The fraction of sp³-hybridized carbons (Fsp3) is 0.458. The number of unbranched alkanes of at least 4 members (excludes halogenated alkanes) is 1. The van der Waals surface area contributed by atoms with Gasteiger partial charge in [0, 0.05) is 29.4 Å². The molecule has 0 bridgehead atoms. The van der Waals surface area contributed by atoms with E-state index in [4.69, 9.17) is 14.5 Å². The molecule has 32 heavy (non-hydrogen) atoms. The summed E-state index contributed by atoms with van der Waals surface area (Å²) in [6.45, 7) is 6.50. The maximum Gasteiger partial charge on any atom is 0.257 e. The molecule has 1 atom stereocenters.